The summed E-state index contributed by atoms with van der Waals surface area (Å²) in [6.45, 7) is 6.95. The lowest BCUT2D eigenvalue weighted by Gasteiger charge is -2.20. The lowest BCUT2D eigenvalue weighted by Crippen LogP contribution is -2.25. The van der Waals surface area contributed by atoms with Crippen molar-refractivity contribution in [3.8, 4) is 11.1 Å². The van der Waals surface area contributed by atoms with E-state index in [0.29, 0.717) is 28.0 Å². The van der Waals surface area contributed by atoms with Crippen LogP contribution in [-0.2, 0) is 9.53 Å². The van der Waals surface area contributed by atoms with Gasteiger partial charge in [-0.3, -0.25) is 14.5 Å². The van der Waals surface area contributed by atoms with Crippen LogP contribution in [-0.4, -0.2) is 28.2 Å². The van der Waals surface area contributed by atoms with E-state index in [1.807, 2.05) is 57.2 Å². The summed E-state index contributed by atoms with van der Waals surface area (Å²) in [6.07, 6.45) is 1.67. The first-order valence-electron chi connectivity index (χ1n) is 13.4. The number of aromatic nitrogens is 1. The highest BCUT2D eigenvalue weighted by molar-refractivity contribution is 6.26. The fourth-order valence-corrected chi connectivity index (χ4v) is 5.31. The molecule has 0 saturated carbocycles. The highest BCUT2D eigenvalue weighted by Gasteiger charge is 2.34. The summed E-state index contributed by atoms with van der Waals surface area (Å²) in [7, 11) is 0. The topological polar surface area (TPSA) is 76.6 Å². The highest BCUT2D eigenvalue weighted by Crippen LogP contribution is 2.38. The first-order chi connectivity index (χ1) is 19.6. The summed E-state index contributed by atoms with van der Waals surface area (Å²) in [4.78, 5) is 45.3. The van der Waals surface area contributed by atoms with Gasteiger partial charge < -0.3 is 4.74 Å². The van der Waals surface area contributed by atoms with Crippen molar-refractivity contribution in [1.29, 1.82) is 0 Å². The third-order valence-corrected chi connectivity index (χ3v) is 7.01. The van der Waals surface area contributed by atoms with Crippen molar-refractivity contribution in [2.45, 2.75) is 33.3 Å². The number of amides is 1. The number of esters is 1. The molecule has 202 valence electrons. The Morgan fingerprint density at radius 1 is 0.805 bits per heavy atom. The van der Waals surface area contributed by atoms with Crippen molar-refractivity contribution >= 4 is 51.1 Å². The van der Waals surface area contributed by atoms with E-state index in [0.717, 1.165) is 27.3 Å². The van der Waals surface area contributed by atoms with Gasteiger partial charge in [-0.05, 0) is 85.1 Å². The molecular formula is C35H28N2O4. The first kappa shape index (κ1) is 26.1. The van der Waals surface area contributed by atoms with Crippen LogP contribution in [0.4, 0.5) is 5.69 Å². The van der Waals surface area contributed by atoms with Crippen LogP contribution in [0.3, 0.4) is 0 Å². The van der Waals surface area contributed by atoms with Crippen molar-refractivity contribution in [2.75, 3.05) is 4.90 Å². The Labute approximate surface area is 237 Å². The molecule has 0 bridgehead atoms. The normalized spacial score (nSPS) is 14.1. The van der Waals surface area contributed by atoms with E-state index < -0.39 is 11.6 Å². The Morgan fingerprint density at radius 2 is 1.51 bits per heavy atom. The van der Waals surface area contributed by atoms with Crippen molar-refractivity contribution in [2.24, 2.45) is 0 Å². The number of hydrogen-bond acceptors (Lipinski definition) is 5. The molecule has 0 radical (unpaired) electrons. The molecule has 0 aliphatic carbocycles. The summed E-state index contributed by atoms with van der Waals surface area (Å²) in [5.74, 6) is -0.905. The molecule has 6 heteroatoms. The summed E-state index contributed by atoms with van der Waals surface area (Å²) >= 11 is 0. The maximum atomic E-state index is 13.4. The van der Waals surface area contributed by atoms with Crippen molar-refractivity contribution in [3.63, 3.8) is 0 Å². The largest absolute Gasteiger partial charge is 0.456 e. The zero-order valence-electron chi connectivity index (χ0n) is 23.3. The molecule has 0 unspecified atom stereocenters. The number of fused-ring (bicyclic) bond motifs is 3. The summed E-state index contributed by atoms with van der Waals surface area (Å²) in [5, 5.41) is 2.89. The smallest absolute Gasteiger partial charge is 0.338 e. The van der Waals surface area contributed by atoms with Crippen LogP contribution in [0.15, 0.2) is 96.7 Å². The molecule has 5 aromatic rings. The minimum atomic E-state index is -0.632. The van der Waals surface area contributed by atoms with Crippen LogP contribution >= 0.6 is 0 Å². The fourth-order valence-electron chi connectivity index (χ4n) is 5.31. The number of benzene rings is 4. The van der Waals surface area contributed by atoms with Gasteiger partial charge in [-0.25, -0.2) is 9.78 Å². The number of carbonyl (C=O) groups is 3. The summed E-state index contributed by atoms with van der Waals surface area (Å²) < 4.78 is 5.63. The Morgan fingerprint density at radius 3 is 2.29 bits per heavy atom. The predicted octanol–water partition coefficient (Wildman–Crippen LogP) is 7.60. The Hall–Kier alpha value is -5.10. The monoisotopic (exact) mass is 540 g/mol. The Bertz CT molecular complexity index is 1930. The lowest BCUT2D eigenvalue weighted by molar-refractivity contribution is -0.116. The second kappa shape index (κ2) is 9.82. The number of rotatable bonds is 3. The first-order valence-corrected chi connectivity index (χ1v) is 13.4. The average molecular weight is 541 g/mol. The number of pyridine rings is 1. The Balaban J connectivity index is 1.58. The fraction of sp³-hybridized carbons (Fsp3) is 0.143. The second-order valence-electron chi connectivity index (χ2n) is 11.1. The third-order valence-electron chi connectivity index (χ3n) is 7.01. The summed E-state index contributed by atoms with van der Waals surface area (Å²) in [6, 6.07) is 28.5. The van der Waals surface area contributed by atoms with Crippen molar-refractivity contribution in [1.82, 2.24) is 4.98 Å². The SMILES string of the molecule is CC(=O)N1/C(=C\c2cc(-c3cccc4ccccc34)c3cc(C(=O)OC(C)(C)C)ccc3n2)C(=O)c2ccccc21. The molecule has 0 saturated heterocycles. The standard InChI is InChI=1S/C35H28N2O4/c1-21(38)37-31-15-8-7-13-27(31)33(39)32(37)20-24-19-28(26-14-9-11-22-10-5-6-12-25(22)26)29-18-23(16-17-30(29)36-24)34(40)41-35(2,3)4/h5-20H,1-4H3/b32-20-. The lowest BCUT2D eigenvalue weighted by atomic mass is 9.94. The molecule has 0 atom stereocenters. The van der Waals surface area contributed by atoms with E-state index in [9.17, 15) is 14.4 Å². The number of Topliss-reactive ketones (excluding diaryl/α,β-unsaturated/α-hetero) is 1. The minimum absolute atomic E-state index is 0.232. The maximum absolute atomic E-state index is 13.4. The molecule has 6 nitrogen and oxygen atoms in total. The molecular weight excluding hydrogens is 512 g/mol. The number of carbonyl (C=O) groups excluding carboxylic acids is 3. The maximum Gasteiger partial charge on any atom is 0.338 e. The zero-order valence-corrected chi connectivity index (χ0v) is 23.3. The second-order valence-corrected chi connectivity index (χ2v) is 11.1. The van der Waals surface area contributed by atoms with Gasteiger partial charge >= 0.3 is 5.97 Å². The van der Waals surface area contributed by atoms with Gasteiger partial charge in [-0.15, -0.1) is 0 Å². The zero-order chi connectivity index (χ0) is 28.9. The van der Waals surface area contributed by atoms with Crippen LogP contribution < -0.4 is 4.90 Å². The van der Waals surface area contributed by atoms with E-state index in [1.165, 1.54) is 11.8 Å². The van der Waals surface area contributed by atoms with Gasteiger partial charge in [0.1, 0.15) is 5.60 Å². The molecule has 6 rings (SSSR count). The highest BCUT2D eigenvalue weighted by atomic mass is 16.6. The minimum Gasteiger partial charge on any atom is -0.456 e. The molecule has 2 heterocycles. The van der Waals surface area contributed by atoms with Crippen molar-refractivity contribution in [3.05, 3.63) is 114 Å². The van der Waals surface area contributed by atoms with Crippen LogP contribution in [0, 0.1) is 0 Å². The molecule has 0 N–H and O–H groups in total. The number of anilines is 1. The number of nitrogens with zero attached hydrogens (tertiary/aromatic N) is 2. The van der Waals surface area contributed by atoms with Crippen LogP contribution in [0.2, 0.25) is 0 Å². The average Bonchev–Trinajstić information content (AvgIpc) is 3.22. The summed E-state index contributed by atoms with van der Waals surface area (Å²) in [5.41, 5.74) is 4.06. The number of ether oxygens (including phenoxy) is 1. The molecule has 1 amide bonds. The molecule has 0 fully saturated rings. The predicted molar refractivity (Wildman–Crippen MR) is 162 cm³/mol. The van der Waals surface area contributed by atoms with Gasteiger partial charge in [0.25, 0.3) is 0 Å². The van der Waals surface area contributed by atoms with E-state index in [4.69, 9.17) is 9.72 Å². The van der Waals surface area contributed by atoms with Crippen LogP contribution in [0.1, 0.15) is 54.1 Å². The van der Waals surface area contributed by atoms with Gasteiger partial charge in [-0.2, -0.15) is 0 Å². The number of para-hydroxylation sites is 1. The number of allylic oxidation sites excluding steroid dienone is 1. The molecule has 1 aromatic heterocycles. The van der Waals surface area contributed by atoms with E-state index in [1.54, 1.807) is 42.5 Å². The Kier molecular flexibility index (Phi) is 6.26. The van der Waals surface area contributed by atoms with Crippen LogP contribution in [0.25, 0.3) is 38.9 Å². The van der Waals surface area contributed by atoms with Gasteiger partial charge in [-0.1, -0.05) is 54.6 Å². The van der Waals surface area contributed by atoms with E-state index in [2.05, 4.69) is 18.2 Å². The quantitative estimate of drug-likeness (QED) is 0.174. The third kappa shape index (κ3) is 4.78. The molecule has 0 spiro atoms. The van der Waals surface area contributed by atoms with Gasteiger partial charge in [0.15, 0.2) is 0 Å². The molecule has 41 heavy (non-hydrogen) atoms. The number of hydrogen-bond donors (Lipinski definition) is 0. The van der Waals surface area contributed by atoms with Crippen molar-refractivity contribution < 1.29 is 19.1 Å². The van der Waals surface area contributed by atoms with Gasteiger partial charge in [0.2, 0.25) is 11.7 Å². The molecule has 1 aliphatic rings. The molecule has 4 aromatic carbocycles. The van der Waals surface area contributed by atoms with Crippen LogP contribution in [0.5, 0.6) is 0 Å². The van der Waals surface area contributed by atoms with Gasteiger partial charge in [0, 0.05) is 17.9 Å². The van der Waals surface area contributed by atoms with Gasteiger partial charge in [0.05, 0.1) is 28.2 Å². The van der Waals surface area contributed by atoms with E-state index in [-0.39, 0.29) is 17.4 Å². The molecule has 1 aliphatic heterocycles. The number of ketones is 1. The van der Waals surface area contributed by atoms with E-state index >= 15 is 0 Å².